The first-order valence-corrected chi connectivity index (χ1v) is 10.6. The summed E-state index contributed by atoms with van der Waals surface area (Å²) in [5.41, 5.74) is 0.912. The molecular formula is C22H38O. The number of hydrogen-bond donors (Lipinski definition) is 1. The van der Waals surface area contributed by atoms with Crippen LogP contribution in [0.2, 0.25) is 0 Å². The number of aliphatic hydroxyl groups is 1. The van der Waals surface area contributed by atoms with E-state index in [0.29, 0.717) is 12.0 Å². The first-order chi connectivity index (χ1) is 11.0. The zero-order valence-electron chi connectivity index (χ0n) is 15.7. The summed E-state index contributed by atoms with van der Waals surface area (Å²) in [6, 6.07) is 0. The smallest absolute Gasteiger partial charge is 0.0484 e. The summed E-state index contributed by atoms with van der Waals surface area (Å²) < 4.78 is 0. The third-order valence-electron chi connectivity index (χ3n) is 9.43. The molecular weight excluding hydrogens is 280 g/mol. The van der Waals surface area contributed by atoms with Crippen molar-refractivity contribution in [3.8, 4) is 0 Å². The highest BCUT2D eigenvalue weighted by atomic mass is 16.3. The molecule has 4 saturated carbocycles. The SMILES string of the molecule is CCC1CCC2C3CCC4CC(C)(CO)CCC4C3CCC12C. The Bertz CT molecular complexity index is 445. The highest BCUT2D eigenvalue weighted by Gasteiger charge is 2.56. The van der Waals surface area contributed by atoms with Crippen molar-refractivity contribution < 1.29 is 5.11 Å². The highest BCUT2D eigenvalue weighted by Crippen LogP contribution is 2.65. The van der Waals surface area contributed by atoms with Gasteiger partial charge in [0.05, 0.1) is 0 Å². The van der Waals surface area contributed by atoms with Crippen molar-refractivity contribution in [3.05, 3.63) is 0 Å². The molecule has 132 valence electrons. The largest absolute Gasteiger partial charge is 0.396 e. The molecule has 23 heavy (non-hydrogen) atoms. The molecule has 1 N–H and O–H groups in total. The van der Waals surface area contributed by atoms with Crippen LogP contribution in [-0.2, 0) is 0 Å². The molecule has 0 spiro atoms. The Morgan fingerprint density at radius 3 is 2.39 bits per heavy atom. The zero-order chi connectivity index (χ0) is 16.2. The maximum Gasteiger partial charge on any atom is 0.0484 e. The van der Waals surface area contributed by atoms with Gasteiger partial charge >= 0.3 is 0 Å². The average Bonchev–Trinajstić information content (AvgIpc) is 2.90. The van der Waals surface area contributed by atoms with Gasteiger partial charge in [0.15, 0.2) is 0 Å². The number of aliphatic hydroxyl groups excluding tert-OH is 1. The third-order valence-corrected chi connectivity index (χ3v) is 9.43. The van der Waals surface area contributed by atoms with Crippen LogP contribution in [0.4, 0.5) is 0 Å². The molecule has 4 fully saturated rings. The van der Waals surface area contributed by atoms with E-state index in [1.807, 2.05) is 0 Å². The van der Waals surface area contributed by atoms with Crippen LogP contribution < -0.4 is 0 Å². The second-order valence-corrected chi connectivity index (χ2v) is 10.4. The van der Waals surface area contributed by atoms with Gasteiger partial charge in [0.2, 0.25) is 0 Å². The predicted octanol–water partition coefficient (Wildman–Crippen LogP) is 5.66. The minimum Gasteiger partial charge on any atom is -0.396 e. The Morgan fingerprint density at radius 1 is 0.870 bits per heavy atom. The maximum absolute atomic E-state index is 9.79. The fourth-order valence-electron chi connectivity index (χ4n) is 8.11. The summed E-state index contributed by atoms with van der Waals surface area (Å²) in [6.45, 7) is 7.82. The topological polar surface area (TPSA) is 20.2 Å². The summed E-state index contributed by atoms with van der Waals surface area (Å²) in [7, 11) is 0. The predicted molar refractivity (Wildman–Crippen MR) is 96.1 cm³/mol. The molecule has 4 aliphatic rings. The van der Waals surface area contributed by atoms with Gasteiger partial charge < -0.3 is 5.11 Å². The average molecular weight is 319 g/mol. The van der Waals surface area contributed by atoms with Gasteiger partial charge in [0.1, 0.15) is 0 Å². The van der Waals surface area contributed by atoms with Crippen LogP contribution in [0.1, 0.15) is 85.0 Å². The second kappa shape index (κ2) is 5.75. The highest BCUT2D eigenvalue weighted by molar-refractivity contribution is 5.06. The normalized spacial score (nSPS) is 55.8. The van der Waals surface area contributed by atoms with E-state index in [-0.39, 0.29) is 5.41 Å². The molecule has 4 rings (SSSR count). The van der Waals surface area contributed by atoms with E-state index >= 15 is 0 Å². The standard InChI is InChI=1S/C22H38O/c1-4-16-6-8-20-19-7-5-15-13-21(2,14-23)11-9-17(15)18(19)10-12-22(16,20)3/h15-20,23H,4-14H2,1-3H3. The Balaban J connectivity index is 1.52. The molecule has 0 aromatic rings. The van der Waals surface area contributed by atoms with Gasteiger partial charge in [-0.3, -0.25) is 0 Å². The van der Waals surface area contributed by atoms with Gasteiger partial charge in [-0.25, -0.2) is 0 Å². The number of fused-ring (bicyclic) bond motifs is 5. The number of rotatable bonds is 2. The van der Waals surface area contributed by atoms with E-state index < -0.39 is 0 Å². The quantitative estimate of drug-likeness (QED) is 0.696. The Labute approximate surface area is 143 Å². The van der Waals surface area contributed by atoms with E-state index in [9.17, 15) is 5.11 Å². The maximum atomic E-state index is 9.79. The molecule has 0 aromatic heterocycles. The fourth-order valence-corrected chi connectivity index (χ4v) is 8.11. The number of hydrogen-bond acceptors (Lipinski definition) is 1. The molecule has 0 saturated heterocycles. The van der Waals surface area contributed by atoms with Crippen molar-refractivity contribution in [1.29, 1.82) is 0 Å². The van der Waals surface area contributed by atoms with Crippen LogP contribution in [0.5, 0.6) is 0 Å². The molecule has 1 nitrogen and oxygen atoms in total. The van der Waals surface area contributed by atoms with Gasteiger partial charge in [0, 0.05) is 6.61 Å². The van der Waals surface area contributed by atoms with E-state index in [1.165, 1.54) is 64.2 Å². The summed E-state index contributed by atoms with van der Waals surface area (Å²) >= 11 is 0. The minimum absolute atomic E-state index is 0.234. The molecule has 0 amide bonds. The van der Waals surface area contributed by atoms with Crippen molar-refractivity contribution in [1.82, 2.24) is 0 Å². The molecule has 0 aliphatic heterocycles. The summed E-state index contributed by atoms with van der Waals surface area (Å²) in [4.78, 5) is 0. The molecule has 0 radical (unpaired) electrons. The van der Waals surface area contributed by atoms with Crippen molar-refractivity contribution >= 4 is 0 Å². The Morgan fingerprint density at radius 2 is 1.65 bits per heavy atom. The molecule has 8 atom stereocenters. The van der Waals surface area contributed by atoms with Gasteiger partial charge in [0.25, 0.3) is 0 Å². The lowest BCUT2D eigenvalue weighted by molar-refractivity contribution is -0.0840. The monoisotopic (exact) mass is 318 g/mol. The lowest BCUT2D eigenvalue weighted by Crippen LogP contribution is -2.49. The van der Waals surface area contributed by atoms with Crippen molar-refractivity contribution in [2.24, 2.45) is 46.3 Å². The Hall–Kier alpha value is -0.0400. The first-order valence-electron chi connectivity index (χ1n) is 10.6. The zero-order valence-corrected chi connectivity index (χ0v) is 15.7. The van der Waals surface area contributed by atoms with Crippen LogP contribution in [0.15, 0.2) is 0 Å². The van der Waals surface area contributed by atoms with Gasteiger partial charge in [-0.1, -0.05) is 27.2 Å². The van der Waals surface area contributed by atoms with Crippen molar-refractivity contribution in [2.45, 2.75) is 85.0 Å². The molecule has 8 unspecified atom stereocenters. The second-order valence-electron chi connectivity index (χ2n) is 10.4. The molecule has 0 bridgehead atoms. The summed E-state index contributed by atoms with van der Waals surface area (Å²) in [5, 5.41) is 9.79. The molecule has 1 heteroatoms. The van der Waals surface area contributed by atoms with Crippen molar-refractivity contribution in [2.75, 3.05) is 6.61 Å². The lowest BCUT2D eigenvalue weighted by atomic mass is 9.48. The minimum atomic E-state index is 0.234. The van der Waals surface area contributed by atoms with Gasteiger partial charge in [-0.2, -0.15) is 0 Å². The van der Waals surface area contributed by atoms with E-state index in [4.69, 9.17) is 0 Å². The fraction of sp³-hybridized carbons (Fsp3) is 1.00. The third kappa shape index (κ3) is 2.43. The molecule has 4 aliphatic carbocycles. The Kier molecular flexibility index (Phi) is 4.11. The van der Waals surface area contributed by atoms with E-state index in [2.05, 4.69) is 20.8 Å². The molecule has 0 aromatic carbocycles. The van der Waals surface area contributed by atoms with Gasteiger partial charge in [-0.05, 0) is 104 Å². The summed E-state index contributed by atoms with van der Waals surface area (Å²) in [5.74, 6) is 6.05. The van der Waals surface area contributed by atoms with Crippen LogP contribution >= 0.6 is 0 Å². The van der Waals surface area contributed by atoms with Crippen LogP contribution in [0.3, 0.4) is 0 Å². The lowest BCUT2D eigenvalue weighted by Gasteiger charge is -2.57. The van der Waals surface area contributed by atoms with Crippen LogP contribution in [-0.4, -0.2) is 11.7 Å². The molecule has 0 heterocycles. The van der Waals surface area contributed by atoms with E-state index in [1.54, 1.807) is 0 Å². The van der Waals surface area contributed by atoms with Gasteiger partial charge in [-0.15, -0.1) is 0 Å². The summed E-state index contributed by atoms with van der Waals surface area (Å²) in [6.07, 6.45) is 14.4. The van der Waals surface area contributed by atoms with Crippen molar-refractivity contribution in [3.63, 3.8) is 0 Å². The van der Waals surface area contributed by atoms with E-state index in [0.717, 1.165) is 35.5 Å². The first kappa shape index (κ1) is 16.4. The van der Waals surface area contributed by atoms with Crippen LogP contribution in [0.25, 0.3) is 0 Å². The van der Waals surface area contributed by atoms with Crippen LogP contribution in [0, 0.1) is 46.3 Å².